The van der Waals surface area contributed by atoms with Gasteiger partial charge in [0.15, 0.2) is 5.82 Å². The molecule has 0 unspecified atom stereocenters. The van der Waals surface area contributed by atoms with E-state index in [4.69, 9.17) is 4.74 Å². The zero-order valence-corrected chi connectivity index (χ0v) is 16.5. The van der Waals surface area contributed by atoms with Crippen LogP contribution in [0, 0.1) is 17.7 Å². The number of hydrogen-bond acceptors (Lipinski definition) is 6. The minimum absolute atomic E-state index is 0.265. The first-order chi connectivity index (χ1) is 13.5. The highest BCUT2D eigenvalue weighted by atomic mass is 19.1. The summed E-state index contributed by atoms with van der Waals surface area (Å²) in [6.45, 7) is 4.12. The first kappa shape index (κ1) is 18.7. The fourth-order valence-corrected chi connectivity index (χ4v) is 3.17. The summed E-state index contributed by atoms with van der Waals surface area (Å²) in [6, 6.07) is 4.82. The average Bonchev–Trinajstić information content (AvgIpc) is 3.55. The second-order valence-electron chi connectivity index (χ2n) is 7.73. The molecule has 148 valence electrons. The van der Waals surface area contributed by atoms with E-state index < -0.39 is 5.82 Å². The van der Waals surface area contributed by atoms with Crippen molar-refractivity contribution < 1.29 is 9.13 Å². The third-order valence-electron chi connectivity index (χ3n) is 5.15. The first-order valence-electron chi connectivity index (χ1n) is 9.84. The van der Waals surface area contributed by atoms with Gasteiger partial charge in [-0.15, -0.1) is 0 Å². The monoisotopic (exact) mass is 383 g/mol. The standard InChI is InChI=1S/C21H26FN5O/c1-12(10-14-4-5-14)23-20-25-19(17-11-16(28-3)8-9-18(17)22)26-21(27-20)24-13(2)15-6-7-15/h8-11,13-15H,4-7H2,1-3H3,(H2,23,24,25,26,27)/t13-/m1/s1. The molecule has 2 saturated carbocycles. The molecule has 0 amide bonds. The van der Waals surface area contributed by atoms with Crippen LogP contribution in [0.15, 0.2) is 30.0 Å². The molecule has 0 spiro atoms. The van der Waals surface area contributed by atoms with Gasteiger partial charge in [0.2, 0.25) is 11.9 Å². The van der Waals surface area contributed by atoms with Gasteiger partial charge in [-0.25, -0.2) is 4.39 Å². The Bertz CT molecular complexity index is 892. The maximum absolute atomic E-state index is 14.5. The molecule has 2 aliphatic rings. The van der Waals surface area contributed by atoms with Gasteiger partial charge in [-0.05, 0) is 69.6 Å². The summed E-state index contributed by atoms with van der Waals surface area (Å²) in [4.78, 5) is 13.5. The summed E-state index contributed by atoms with van der Waals surface area (Å²) < 4.78 is 19.7. The van der Waals surface area contributed by atoms with Crippen molar-refractivity contribution in [3.8, 4) is 17.1 Å². The lowest BCUT2D eigenvalue weighted by Gasteiger charge is -2.15. The third kappa shape index (κ3) is 4.58. The lowest BCUT2D eigenvalue weighted by Crippen LogP contribution is -2.20. The van der Waals surface area contributed by atoms with Gasteiger partial charge < -0.3 is 15.4 Å². The fourth-order valence-electron chi connectivity index (χ4n) is 3.17. The van der Waals surface area contributed by atoms with Gasteiger partial charge in [0.1, 0.15) is 11.6 Å². The lowest BCUT2D eigenvalue weighted by molar-refractivity contribution is 0.414. The number of allylic oxidation sites excluding steroid dienone is 2. The Labute approximate surface area is 164 Å². The number of aromatic nitrogens is 3. The van der Waals surface area contributed by atoms with Crippen LogP contribution in [0.3, 0.4) is 0 Å². The summed E-state index contributed by atoms with van der Waals surface area (Å²) in [6.07, 6.45) is 7.07. The number of halogens is 1. The van der Waals surface area contributed by atoms with E-state index in [1.165, 1.54) is 31.7 Å². The van der Waals surface area contributed by atoms with Gasteiger partial charge in [0, 0.05) is 11.7 Å². The van der Waals surface area contributed by atoms with Crippen LogP contribution in [0.2, 0.25) is 0 Å². The molecule has 2 aliphatic carbocycles. The van der Waals surface area contributed by atoms with Crippen molar-refractivity contribution in [1.82, 2.24) is 15.0 Å². The Morgan fingerprint density at radius 2 is 1.93 bits per heavy atom. The molecule has 2 aromatic rings. The molecule has 28 heavy (non-hydrogen) atoms. The van der Waals surface area contributed by atoms with Crippen LogP contribution in [-0.2, 0) is 0 Å². The van der Waals surface area contributed by atoms with Crippen molar-refractivity contribution in [1.29, 1.82) is 0 Å². The summed E-state index contributed by atoms with van der Waals surface area (Å²) in [5.41, 5.74) is 1.28. The summed E-state index contributed by atoms with van der Waals surface area (Å²) >= 11 is 0. The smallest absolute Gasteiger partial charge is 0.232 e. The third-order valence-corrected chi connectivity index (χ3v) is 5.15. The van der Waals surface area contributed by atoms with Gasteiger partial charge in [0.05, 0.1) is 12.7 Å². The average molecular weight is 383 g/mol. The Balaban J connectivity index is 1.68. The molecule has 0 bridgehead atoms. The highest BCUT2D eigenvalue weighted by Crippen LogP contribution is 2.34. The number of methoxy groups -OCH3 is 1. The van der Waals surface area contributed by atoms with Crippen molar-refractivity contribution in [2.24, 2.45) is 11.8 Å². The van der Waals surface area contributed by atoms with Crippen LogP contribution < -0.4 is 15.4 Å². The lowest BCUT2D eigenvalue weighted by atomic mass is 10.2. The Morgan fingerprint density at radius 1 is 1.18 bits per heavy atom. The second kappa shape index (κ2) is 7.73. The van der Waals surface area contributed by atoms with E-state index in [0.717, 1.165) is 5.70 Å². The van der Waals surface area contributed by atoms with Crippen LogP contribution in [0.1, 0.15) is 39.5 Å². The van der Waals surface area contributed by atoms with Crippen LogP contribution in [0.4, 0.5) is 16.3 Å². The Kier molecular flexibility index (Phi) is 5.15. The van der Waals surface area contributed by atoms with E-state index in [9.17, 15) is 4.39 Å². The minimum Gasteiger partial charge on any atom is -0.497 e. The number of benzene rings is 1. The summed E-state index contributed by atoms with van der Waals surface area (Å²) in [7, 11) is 1.55. The quantitative estimate of drug-likeness (QED) is 0.693. The number of nitrogens with zero attached hydrogens (tertiary/aromatic N) is 3. The van der Waals surface area contributed by atoms with Crippen LogP contribution in [0.25, 0.3) is 11.4 Å². The van der Waals surface area contributed by atoms with Crippen molar-refractivity contribution >= 4 is 11.9 Å². The van der Waals surface area contributed by atoms with E-state index in [2.05, 4.69) is 38.6 Å². The van der Waals surface area contributed by atoms with Gasteiger partial charge >= 0.3 is 0 Å². The first-order valence-corrected chi connectivity index (χ1v) is 9.84. The van der Waals surface area contributed by atoms with Crippen molar-refractivity contribution in [2.45, 2.75) is 45.6 Å². The molecule has 0 saturated heterocycles. The zero-order chi connectivity index (χ0) is 19.7. The van der Waals surface area contributed by atoms with Crippen LogP contribution in [0.5, 0.6) is 5.75 Å². The fraction of sp³-hybridized carbons (Fsp3) is 0.476. The molecule has 4 rings (SSSR count). The predicted molar refractivity (Wildman–Crippen MR) is 108 cm³/mol. The number of rotatable bonds is 8. The molecule has 7 heteroatoms. The largest absolute Gasteiger partial charge is 0.497 e. The zero-order valence-electron chi connectivity index (χ0n) is 16.5. The highest BCUT2D eigenvalue weighted by molar-refractivity contribution is 5.61. The molecule has 2 N–H and O–H groups in total. The van der Waals surface area contributed by atoms with E-state index in [1.807, 2.05) is 6.92 Å². The molecule has 6 nitrogen and oxygen atoms in total. The van der Waals surface area contributed by atoms with Gasteiger partial charge in [-0.1, -0.05) is 6.08 Å². The number of hydrogen-bond donors (Lipinski definition) is 2. The normalized spacial score (nSPS) is 17.9. The second-order valence-corrected chi connectivity index (χ2v) is 7.73. The number of anilines is 2. The minimum atomic E-state index is -0.399. The Hall–Kier alpha value is -2.70. The SMILES string of the molecule is COc1ccc(F)c(-c2nc(NC(C)=CC3CC3)nc(N[C@H](C)C3CC3)n2)c1. The van der Waals surface area contributed by atoms with Crippen molar-refractivity contribution in [3.05, 3.63) is 35.8 Å². The molecular formula is C21H26FN5O. The van der Waals surface area contributed by atoms with E-state index in [0.29, 0.717) is 29.5 Å². The summed E-state index contributed by atoms with van der Waals surface area (Å²) in [5.74, 6) is 2.57. The maximum Gasteiger partial charge on any atom is 0.232 e. The number of ether oxygens (including phenoxy) is 1. The molecule has 1 heterocycles. The molecular weight excluding hydrogens is 357 g/mol. The van der Waals surface area contributed by atoms with Gasteiger partial charge in [-0.2, -0.15) is 15.0 Å². The van der Waals surface area contributed by atoms with Crippen molar-refractivity contribution in [2.75, 3.05) is 17.7 Å². The molecule has 1 aromatic heterocycles. The topological polar surface area (TPSA) is 72.0 Å². The predicted octanol–water partition coefficient (Wildman–Crippen LogP) is 4.62. The summed E-state index contributed by atoms with van der Waals surface area (Å²) in [5, 5.41) is 6.59. The van der Waals surface area contributed by atoms with E-state index >= 15 is 0 Å². The molecule has 1 atom stereocenters. The molecule has 2 fully saturated rings. The van der Waals surface area contributed by atoms with Gasteiger partial charge in [-0.3, -0.25) is 0 Å². The Morgan fingerprint density at radius 3 is 2.61 bits per heavy atom. The molecule has 0 radical (unpaired) electrons. The van der Waals surface area contributed by atoms with Gasteiger partial charge in [0.25, 0.3) is 0 Å². The maximum atomic E-state index is 14.5. The highest BCUT2D eigenvalue weighted by Gasteiger charge is 2.28. The van der Waals surface area contributed by atoms with Crippen LogP contribution in [-0.4, -0.2) is 28.1 Å². The van der Waals surface area contributed by atoms with Crippen molar-refractivity contribution in [3.63, 3.8) is 0 Å². The van der Waals surface area contributed by atoms with E-state index in [1.54, 1.807) is 19.2 Å². The molecule has 0 aliphatic heterocycles. The molecule has 1 aromatic carbocycles. The van der Waals surface area contributed by atoms with Crippen LogP contribution >= 0.6 is 0 Å². The van der Waals surface area contributed by atoms with E-state index in [-0.39, 0.29) is 17.4 Å². The number of nitrogens with one attached hydrogen (secondary N) is 2.